The summed E-state index contributed by atoms with van der Waals surface area (Å²) in [5, 5.41) is 2.54. The fourth-order valence-corrected chi connectivity index (χ4v) is 2.95. The summed E-state index contributed by atoms with van der Waals surface area (Å²) in [7, 11) is 1.73. The van der Waals surface area contributed by atoms with E-state index in [-0.39, 0.29) is 11.3 Å². The molecule has 0 N–H and O–H groups in total. The molecule has 3 nitrogen and oxygen atoms in total. The predicted octanol–water partition coefficient (Wildman–Crippen LogP) is 4.35. The van der Waals surface area contributed by atoms with E-state index in [1.165, 1.54) is 0 Å². The highest BCUT2D eigenvalue weighted by Gasteiger charge is 2.35. The van der Waals surface area contributed by atoms with Gasteiger partial charge in [-0.05, 0) is 23.6 Å². The molecule has 0 fully saturated rings. The van der Waals surface area contributed by atoms with Gasteiger partial charge in [-0.25, -0.2) is 9.97 Å². The molecule has 0 atom stereocenters. The second-order valence-electron chi connectivity index (χ2n) is 4.82. The Morgan fingerprint density at radius 1 is 1.09 bits per heavy atom. The Balaban J connectivity index is 2.10. The summed E-state index contributed by atoms with van der Waals surface area (Å²) in [5.41, 5.74) is 0.290. The van der Waals surface area contributed by atoms with Crippen LogP contribution in [0.5, 0.6) is 0 Å². The van der Waals surface area contributed by atoms with Crippen LogP contribution in [0.1, 0.15) is 10.7 Å². The van der Waals surface area contributed by atoms with Crippen LogP contribution in [-0.4, -0.2) is 17.0 Å². The third kappa shape index (κ3) is 2.89. The van der Waals surface area contributed by atoms with Gasteiger partial charge in [0.15, 0.2) is 0 Å². The Bertz CT molecular complexity index is 784. The van der Waals surface area contributed by atoms with Gasteiger partial charge in [-0.3, -0.25) is 0 Å². The zero-order valence-electron chi connectivity index (χ0n) is 11.6. The number of para-hydroxylation sites is 1. The summed E-state index contributed by atoms with van der Waals surface area (Å²) in [6, 6.07) is 10.6. The van der Waals surface area contributed by atoms with Gasteiger partial charge in [-0.2, -0.15) is 13.2 Å². The van der Waals surface area contributed by atoms with Gasteiger partial charge in [0, 0.05) is 17.3 Å². The summed E-state index contributed by atoms with van der Waals surface area (Å²) < 4.78 is 39.0. The lowest BCUT2D eigenvalue weighted by Crippen LogP contribution is -2.20. The lowest BCUT2D eigenvalue weighted by atomic mass is 10.2. The van der Waals surface area contributed by atoms with Crippen LogP contribution < -0.4 is 4.90 Å². The molecular formula is C15H12F3N3S. The van der Waals surface area contributed by atoms with E-state index in [1.807, 2.05) is 17.5 Å². The Hall–Kier alpha value is -2.15. The summed E-state index contributed by atoms with van der Waals surface area (Å²) in [5.74, 6) is -0.828. The van der Waals surface area contributed by atoms with Crippen molar-refractivity contribution >= 4 is 28.1 Å². The summed E-state index contributed by atoms with van der Waals surface area (Å²) in [4.78, 5) is 10.1. The van der Waals surface area contributed by atoms with Gasteiger partial charge in [-0.1, -0.05) is 18.2 Å². The van der Waals surface area contributed by atoms with E-state index < -0.39 is 12.0 Å². The normalized spacial score (nSPS) is 11.8. The summed E-state index contributed by atoms with van der Waals surface area (Å²) in [6.07, 6.45) is -4.57. The second-order valence-corrected chi connectivity index (χ2v) is 5.85. The largest absolute Gasteiger partial charge is 0.451 e. The number of nitrogens with zero attached hydrogens (tertiary/aromatic N) is 3. The maximum Gasteiger partial charge on any atom is 0.451 e. The first kappa shape index (κ1) is 14.8. The molecular weight excluding hydrogens is 311 g/mol. The fraction of sp³-hybridized carbons (Fsp3) is 0.200. The Morgan fingerprint density at radius 3 is 2.55 bits per heavy atom. The van der Waals surface area contributed by atoms with Crippen molar-refractivity contribution in [2.45, 2.75) is 12.7 Å². The molecule has 3 rings (SSSR count). The highest BCUT2D eigenvalue weighted by molar-refractivity contribution is 7.09. The minimum absolute atomic E-state index is 0.284. The van der Waals surface area contributed by atoms with E-state index in [0.29, 0.717) is 11.9 Å². The van der Waals surface area contributed by atoms with E-state index in [1.54, 1.807) is 47.5 Å². The first-order valence-electron chi connectivity index (χ1n) is 6.52. The molecule has 2 heterocycles. The number of alkyl halides is 3. The molecule has 22 heavy (non-hydrogen) atoms. The smallest absolute Gasteiger partial charge is 0.354 e. The van der Waals surface area contributed by atoms with Crippen molar-refractivity contribution in [1.82, 2.24) is 9.97 Å². The maximum atomic E-state index is 13.0. The number of hydrogen-bond donors (Lipinski definition) is 0. The number of halogens is 3. The van der Waals surface area contributed by atoms with Crippen LogP contribution in [0.15, 0.2) is 41.8 Å². The van der Waals surface area contributed by atoms with Crippen molar-refractivity contribution in [2.75, 3.05) is 11.9 Å². The molecule has 7 heteroatoms. The van der Waals surface area contributed by atoms with Crippen LogP contribution in [0.2, 0.25) is 0 Å². The van der Waals surface area contributed by atoms with Crippen LogP contribution in [-0.2, 0) is 12.7 Å². The van der Waals surface area contributed by atoms with Crippen molar-refractivity contribution in [2.24, 2.45) is 0 Å². The van der Waals surface area contributed by atoms with Crippen molar-refractivity contribution in [1.29, 1.82) is 0 Å². The molecule has 0 aliphatic carbocycles. The zero-order chi connectivity index (χ0) is 15.7. The topological polar surface area (TPSA) is 29.0 Å². The van der Waals surface area contributed by atoms with Gasteiger partial charge in [0.1, 0.15) is 5.82 Å². The summed E-state index contributed by atoms with van der Waals surface area (Å²) >= 11 is 1.55. The number of rotatable bonds is 3. The molecule has 2 aromatic heterocycles. The quantitative estimate of drug-likeness (QED) is 0.718. The Morgan fingerprint density at radius 2 is 1.86 bits per heavy atom. The molecule has 0 amide bonds. The molecule has 0 bridgehead atoms. The maximum absolute atomic E-state index is 13.0. The van der Waals surface area contributed by atoms with Crippen LogP contribution in [0, 0.1) is 0 Å². The van der Waals surface area contributed by atoms with Crippen LogP contribution in [0.4, 0.5) is 19.0 Å². The van der Waals surface area contributed by atoms with Crippen LogP contribution in [0.25, 0.3) is 10.9 Å². The zero-order valence-corrected chi connectivity index (χ0v) is 12.4. The molecule has 1 aromatic carbocycles. The average Bonchev–Trinajstić information content (AvgIpc) is 2.98. The molecule has 0 aliphatic heterocycles. The van der Waals surface area contributed by atoms with Gasteiger partial charge in [0.25, 0.3) is 0 Å². The fourth-order valence-electron chi connectivity index (χ4n) is 2.19. The van der Waals surface area contributed by atoms with Crippen molar-refractivity contribution in [3.05, 3.63) is 52.5 Å². The third-order valence-corrected chi connectivity index (χ3v) is 4.03. The lowest BCUT2D eigenvalue weighted by Gasteiger charge is -2.20. The van der Waals surface area contributed by atoms with Crippen molar-refractivity contribution in [3.8, 4) is 0 Å². The monoisotopic (exact) mass is 323 g/mol. The molecule has 0 radical (unpaired) electrons. The summed E-state index contributed by atoms with van der Waals surface area (Å²) in [6.45, 7) is 0.496. The number of anilines is 1. The lowest BCUT2D eigenvalue weighted by molar-refractivity contribution is -0.144. The number of benzene rings is 1. The van der Waals surface area contributed by atoms with Gasteiger partial charge < -0.3 is 4.90 Å². The number of thiophene rings is 1. The SMILES string of the molecule is CN(Cc1cccs1)c1nc(C(F)(F)F)nc2ccccc12. The predicted molar refractivity (Wildman–Crippen MR) is 81.0 cm³/mol. The third-order valence-electron chi connectivity index (χ3n) is 3.17. The minimum atomic E-state index is -4.57. The van der Waals surface area contributed by atoms with E-state index in [4.69, 9.17) is 0 Å². The van der Waals surface area contributed by atoms with E-state index in [0.717, 1.165) is 4.88 Å². The average molecular weight is 323 g/mol. The molecule has 0 saturated carbocycles. The second kappa shape index (κ2) is 5.57. The molecule has 114 valence electrons. The molecule has 0 spiro atoms. The van der Waals surface area contributed by atoms with E-state index in [2.05, 4.69) is 9.97 Å². The molecule has 3 aromatic rings. The van der Waals surface area contributed by atoms with E-state index in [9.17, 15) is 13.2 Å². The first-order chi connectivity index (χ1) is 10.4. The van der Waals surface area contributed by atoms with Gasteiger partial charge in [0.05, 0.1) is 12.1 Å². The number of hydrogen-bond acceptors (Lipinski definition) is 4. The Labute approximate surface area is 129 Å². The van der Waals surface area contributed by atoms with Crippen LogP contribution in [0.3, 0.4) is 0 Å². The van der Waals surface area contributed by atoms with Gasteiger partial charge in [-0.15, -0.1) is 11.3 Å². The first-order valence-corrected chi connectivity index (χ1v) is 7.40. The number of fused-ring (bicyclic) bond motifs is 1. The molecule has 0 saturated heterocycles. The van der Waals surface area contributed by atoms with Gasteiger partial charge >= 0.3 is 6.18 Å². The van der Waals surface area contributed by atoms with E-state index >= 15 is 0 Å². The molecule has 0 unspecified atom stereocenters. The standard InChI is InChI=1S/C15H12F3N3S/c1-21(9-10-5-4-8-22-10)13-11-6-2-3-7-12(11)19-14(20-13)15(16,17)18/h2-8H,9H2,1H3. The van der Waals surface area contributed by atoms with Crippen molar-refractivity contribution in [3.63, 3.8) is 0 Å². The van der Waals surface area contributed by atoms with Gasteiger partial charge in [0.2, 0.25) is 5.82 Å². The number of aromatic nitrogens is 2. The highest BCUT2D eigenvalue weighted by Crippen LogP contribution is 2.31. The highest BCUT2D eigenvalue weighted by atomic mass is 32.1. The minimum Gasteiger partial charge on any atom is -0.354 e. The van der Waals surface area contributed by atoms with Crippen LogP contribution >= 0.6 is 11.3 Å². The molecule has 0 aliphatic rings. The Kier molecular flexibility index (Phi) is 3.74. The van der Waals surface area contributed by atoms with Crippen molar-refractivity contribution < 1.29 is 13.2 Å².